The zero-order chi connectivity index (χ0) is 10.4. The highest BCUT2D eigenvalue weighted by atomic mass is 127. The highest BCUT2D eigenvalue weighted by Gasteiger charge is 2.30. The highest BCUT2D eigenvalue weighted by Crippen LogP contribution is 2.34. The summed E-state index contributed by atoms with van der Waals surface area (Å²) in [6, 6.07) is 0. The van der Waals surface area contributed by atoms with Gasteiger partial charge in [-0.25, -0.2) is 0 Å². The summed E-state index contributed by atoms with van der Waals surface area (Å²) in [7, 11) is -1.91. The van der Waals surface area contributed by atoms with Crippen LogP contribution in [0.15, 0.2) is 12.7 Å². The molecular weight excluding hydrogens is 314 g/mol. The van der Waals surface area contributed by atoms with Crippen molar-refractivity contribution in [1.82, 2.24) is 0 Å². The SMILES string of the molecule is C=CC1CCC(O[P+](=O)OCI)CC1. The molecule has 0 heterocycles. The van der Waals surface area contributed by atoms with Gasteiger partial charge >= 0.3 is 8.25 Å². The zero-order valence-electron chi connectivity index (χ0n) is 8.02. The molecule has 0 spiro atoms. The smallest absolute Gasteiger partial charge is 0.116 e. The highest BCUT2D eigenvalue weighted by molar-refractivity contribution is 14.1. The van der Waals surface area contributed by atoms with Gasteiger partial charge in [-0.3, -0.25) is 0 Å². The monoisotopic (exact) mass is 329 g/mol. The molecule has 0 N–H and O–H groups in total. The number of halogens is 1. The topological polar surface area (TPSA) is 35.5 Å². The van der Waals surface area contributed by atoms with Gasteiger partial charge in [0.05, 0.1) is 0 Å². The van der Waals surface area contributed by atoms with Crippen LogP contribution in [-0.2, 0) is 13.6 Å². The number of hydrogen-bond acceptors (Lipinski definition) is 3. The minimum Gasteiger partial charge on any atom is -0.116 e. The van der Waals surface area contributed by atoms with Crippen molar-refractivity contribution in [2.24, 2.45) is 5.92 Å². The Labute approximate surface area is 99.3 Å². The number of rotatable bonds is 5. The average molecular weight is 329 g/mol. The summed E-state index contributed by atoms with van der Waals surface area (Å²) in [5.74, 6) is 0.609. The van der Waals surface area contributed by atoms with Gasteiger partial charge in [0.1, 0.15) is 6.10 Å². The normalized spacial score (nSPS) is 28.5. The van der Waals surface area contributed by atoms with E-state index in [0.717, 1.165) is 25.7 Å². The molecule has 0 aliphatic heterocycles. The molecule has 0 amide bonds. The van der Waals surface area contributed by atoms with Gasteiger partial charge < -0.3 is 0 Å². The molecular formula is C9H15IO3P+. The van der Waals surface area contributed by atoms with E-state index < -0.39 is 8.25 Å². The lowest BCUT2D eigenvalue weighted by Crippen LogP contribution is -2.18. The zero-order valence-corrected chi connectivity index (χ0v) is 11.1. The first-order valence-electron chi connectivity index (χ1n) is 4.71. The van der Waals surface area contributed by atoms with Gasteiger partial charge in [0.25, 0.3) is 0 Å². The second-order valence-electron chi connectivity index (χ2n) is 3.34. The summed E-state index contributed by atoms with van der Waals surface area (Å²) in [4.78, 5) is 0. The Hall–Kier alpha value is 0.490. The maximum atomic E-state index is 11.1. The van der Waals surface area contributed by atoms with E-state index in [9.17, 15) is 4.57 Å². The average Bonchev–Trinajstić information content (AvgIpc) is 2.19. The van der Waals surface area contributed by atoms with E-state index >= 15 is 0 Å². The molecule has 0 aromatic heterocycles. The third-order valence-electron chi connectivity index (χ3n) is 2.44. The fourth-order valence-corrected chi connectivity index (χ4v) is 2.90. The number of allylic oxidation sites excluding steroid dienone is 1. The van der Waals surface area contributed by atoms with E-state index in [4.69, 9.17) is 9.05 Å². The lowest BCUT2D eigenvalue weighted by atomic mass is 9.88. The van der Waals surface area contributed by atoms with E-state index in [2.05, 4.69) is 6.58 Å². The second kappa shape index (κ2) is 6.88. The molecule has 0 aromatic rings. The summed E-state index contributed by atoms with van der Waals surface area (Å²) in [5, 5.41) is 0. The molecule has 1 unspecified atom stereocenters. The molecule has 0 saturated heterocycles. The Morgan fingerprint density at radius 3 is 2.57 bits per heavy atom. The van der Waals surface area contributed by atoms with Crippen LogP contribution in [0.1, 0.15) is 25.7 Å². The van der Waals surface area contributed by atoms with E-state index in [1.807, 2.05) is 28.7 Å². The van der Waals surface area contributed by atoms with Gasteiger partial charge in [0, 0.05) is 4.57 Å². The second-order valence-corrected chi connectivity index (χ2v) is 4.88. The summed E-state index contributed by atoms with van der Waals surface area (Å²) in [6.45, 7) is 3.78. The van der Waals surface area contributed by atoms with Gasteiger partial charge in [-0.15, -0.1) is 15.6 Å². The summed E-state index contributed by atoms with van der Waals surface area (Å²) in [6.07, 6.45) is 6.20. The van der Waals surface area contributed by atoms with Crippen LogP contribution in [0.4, 0.5) is 0 Å². The molecule has 80 valence electrons. The van der Waals surface area contributed by atoms with Crippen molar-refractivity contribution in [3.63, 3.8) is 0 Å². The minimum absolute atomic E-state index is 0.109. The van der Waals surface area contributed by atoms with Crippen molar-refractivity contribution in [2.75, 3.05) is 4.61 Å². The van der Waals surface area contributed by atoms with Crippen molar-refractivity contribution >= 4 is 30.8 Å². The van der Waals surface area contributed by atoms with E-state index in [0.29, 0.717) is 10.5 Å². The molecule has 1 aliphatic rings. The quantitative estimate of drug-likeness (QED) is 0.333. The van der Waals surface area contributed by atoms with Crippen molar-refractivity contribution in [1.29, 1.82) is 0 Å². The van der Waals surface area contributed by atoms with Crippen molar-refractivity contribution in [3.8, 4) is 0 Å². The van der Waals surface area contributed by atoms with E-state index in [1.54, 1.807) is 0 Å². The maximum absolute atomic E-state index is 11.1. The van der Waals surface area contributed by atoms with Crippen LogP contribution in [-0.4, -0.2) is 10.7 Å². The molecule has 0 bridgehead atoms. The predicted octanol–water partition coefficient (Wildman–Crippen LogP) is 3.81. The largest absolute Gasteiger partial charge is 0.698 e. The molecule has 1 fully saturated rings. The van der Waals surface area contributed by atoms with Gasteiger partial charge in [-0.2, -0.15) is 0 Å². The Morgan fingerprint density at radius 1 is 1.43 bits per heavy atom. The fraction of sp³-hybridized carbons (Fsp3) is 0.778. The van der Waals surface area contributed by atoms with Crippen LogP contribution in [0, 0.1) is 5.92 Å². The molecule has 0 radical (unpaired) electrons. The maximum Gasteiger partial charge on any atom is 0.698 e. The lowest BCUT2D eigenvalue weighted by Gasteiger charge is -2.22. The first-order chi connectivity index (χ1) is 6.76. The third-order valence-corrected chi connectivity index (χ3v) is 4.06. The first-order valence-corrected chi connectivity index (χ1v) is 7.33. The molecule has 14 heavy (non-hydrogen) atoms. The minimum atomic E-state index is -1.91. The Bertz CT molecular complexity index is 202. The fourth-order valence-electron chi connectivity index (χ4n) is 1.62. The molecule has 1 atom stereocenters. The molecule has 5 heteroatoms. The molecule has 3 nitrogen and oxygen atoms in total. The standard InChI is InChI=1S/C9H15IO3P/c1-2-8-3-5-9(6-4-8)13-14(11)12-7-10/h2,8-9H,1,3-7H2/q+1. The third kappa shape index (κ3) is 4.34. The molecule has 1 saturated carbocycles. The van der Waals surface area contributed by atoms with Crippen molar-refractivity contribution in [2.45, 2.75) is 31.8 Å². The van der Waals surface area contributed by atoms with Gasteiger partial charge in [0.2, 0.25) is 0 Å². The van der Waals surface area contributed by atoms with Crippen molar-refractivity contribution in [3.05, 3.63) is 12.7 Å². The van der Waals surface area contributed by atoms with Crippen LogP contribution in [0.25, 0.3) is 0 Å². The van der Waals surface area contributed by atoms with Crippen LogP contribution in [0.3, 0.4) is 0 Å². The van der Waals surface area contributed by atoms with Gasteiger partial charge in [-0.05, 0) is 54.2 Å². The summed E-state index contributed by atoms with van der Waals surface area (Å²) >= 11 is 2.01. The number of alkyl halides is 1. The van der Waals surface area contributed by atoms with Crippen LogP contribution < -0.4 is 0 Å². The molecule has 0 aromatic carbocycles. The van der Waals surface area contributed by atoms with E-state index in [-0.39, 0.29) is 6.10 Å². The Morgan fingerprint density at radius 2 is 2.07 bits per heavy atom. The van der Waals surface area contributed by atoms with Crippen LogP contribution in [0.5, 0.6) is 0 Å². The van der Waals surface area contributed by atoms with Gasteiger partial charge in [-0.1, -0.05) is 6.08 Å². The molecule has 1 rings (SSSR count). The summed E-state index contributed by atoms with van der Waals surface area (Å²) in [5.41, 5.74) is 0. The summed E-state index contributed by atoms with van der Waals surface area (Å²) < 4.78 is 21.7. The van der Waals surface area contributed by atoms with Crippen LogP contribution >= 0.6 is 30.8 Å². The van der Waals surface area contributed by atoms with Crippen LogP contribution in [0.2, 0.25) is 0 Å². The Balaban J connectivity index is 2.21. The first kappa shape index (κ1) is 12.6. The van der Waals surface area contributed by atoms with E-state index in [1.165, 1.54) is 0 Å². The number of hydrogen-bond donors (Lipinski definition) is 0. The van der Waals surface area contributed by atoms with Gasteiger partial charge in [0.15, 0.2) is 4.61 Å². The lowest BCUT2D eigenvalue weighted by molar-refractivity contribution is 0.127. The van der Waals surface area contributed by atoms with Crippen molar-refractivity contribution < 1.29 is 13.6 Å². The molecule has 1 aliphatic carbocycles. The predicted molar refractivity (Wildman–Crippen MR) is 64.6 cm³/mol. The Kier molecular flexibility index (Phi) is 6.17.